The van der Waals surface area contributed by atoms with Crippen LogP contribution < -0.4 is 15.1 Å². The van der Waals surface area contributed by atoms with Gasteiger partial charge in [0, 0.05) is 18.2 Å². The van der Waals surface area contributed by atoms with E-state index < -0.39 is 23.6 Å². The van der Waals surface area contributed by atoms with Gasteiger partial charge < -0.3 is 25.1 Å². The first-order valence-electron chi connectivity index (χ1n) is 11.0. The van der Waals surface area contributed by atoms with Crippen LogP contribution in [0.1, 0.15) is 49.1 Å². The molecule has 2 atom stereocenters. The van der Waals surface area contributed by atoms with Gasteiger partial charge in [-0.1, -0.05) is 48.0 Å². The highest BCUT2D eigenvalue weighted by Gasteiger charge is 2.29. The van der Waals surface area contributed by atoms with Gasteiger partial charge in [-0.15, -0.1) is 0 Å². The zero-order chi connectivity index (χ0) is 27.2. The summed E-state index contributed by atoms with van der Waals surface area (Å²) in [4.78, 5) is 16.8. The standard InChI is InChI=1S/C25H26ClFIN4O4P/c1-25(2,3)36-24(34)31-21-19(18(12-30-23(21)26)35-13-14-7-5-4-6-8-14)22(33)15-9-10-17(27)20(32-37-28)16(15)11-29/h4-12,22,29,32-33,37H,13H2,1-3H3,(H,31,34). The molecule has 1 heterocycles. The smallest absolute Gasteiger partial charge is 0.412 e. The molecule has 1 amide bonds. The Kier molecular flexibility index (Phi) is 10.1. The van der Waals surface area contributed by atoms with Crippen molar-refractivity contribution >= 4 is 63.7 Å². The highest BCUT2D eigenvalue weighted by Crippen LogP contribution is 2.42. The number of aliphatic hydroxyl groups is 1. The number of nitrogens with zero attached hydrogens (tertiary/aromatic N) is 1. The topological polar surface area (TPSA) is 117 Å². The number of hydrogen-bond donors (Lipinski definition) is 4. The number of halogens is 3. The maximum Gasteiger partial charge on any atom is 0.412 e. The van der Waals surface area contributed by atoms with Crippen LogP contribution in [0.5, 0.6) is 5.75 Å². The summed E-state index contributed by atoms with van der Waals surface area (Å²) in [5.74, 6) is -0.434. The lowest BCUT2D eigenvalue weighted by Gasteiger charge is -2.24. The molecule has 2 unspecified atom stereocenters. The third-order valence-electron chi connectivity index (χ3n) is 5.01. The number of carbonyl (C=O) groups excluding carboxylic acids is 1. The van der Waals surface area contributed by atoms with Crippen molar-refractivity contribution in [3.8, 4) is 5.75 Å². The van der Waals surface area contributed by atoms with Gasteiger partial charge in [0.25, 0.3) is 0 Å². The van der Waals surface area contributed by atoms with E-state index in [1.165, 1.54) is 18.3 Å². The summed E-state index contributed by atoms with van der Waals surface area (Å²) in [7, 11) is 0. The second-order valence-corrected chi connectivity index (χ2v) is 11.2. The highest BCUT2D eigenvalue weighted by molar-refractivity contribution is 14.2. The monoisotopic (exact) mass is 658 g/mol. The minimum atomic E-state index is -1.48. The van der Waals surface area contributed by atoms with Crippen molar-refractivity contribution in [2.45, 2.75) is 39.1 Å². The second kappa shape index (κ2) is 12.8. The maximum atomic E-state index is 14.6. The number of nitrogens with one attached hydrogen (secondary N) is 3. The van der Waals surface area contributed by atoms with Crippen LogP contribution in [-0.2, 0) is 11.3 Å². The number of rotatable bonds is 9. The van der Waals surface area contributed by atoms with Crippen molar-refractivity contribution in [1.82, 2.24) is 4.98 Å². The van der Waals surface area contributed by atoms with E-state index in [1.807, 2.05) is 52.4 Å². The van der Waals surface area contributed by atoms with Crippen molar-refractivity contribution in [3.05, 3.63) is 81.9 Å². The number of aromatic nitrogens is 1. The fourth-order valence-electron chi connectivity index (χ4n) is 3.46. The average Bonchev–Trinajstić information content (AvgIpc) is 2.84. The van der Waals surface area contributed by atoms with Crippen LogP contribution in [0.4, 0.5) is 20.6 Å². The van der Waals surface area contributed by atoms with Gasteiger partial charge in [-0.05, 0) is 60.0 Å². The number of pyridine rings is 1. The fraction of sp³-hybridized carbons (Fsp3) is 0.240. The molecule has 0 radical (unpaired) electrons. The molecule has 8 nitrogen and oxygen atoms in total. The third-order valence-corrected chi connectivity index (χ3v) is 6.45. The SMILES string of the molecule is CC(C)(C)OC(=O)Nc1c(Cl)ncc(OCc2ccccc2)c1C(O)c1ccc(F)c(NPI)c1C=N. The number of anilines is 2. The van der Waals surface area contributed by atoms with Crippen molar-refractivity contribution in [2.75, 3.05) is 10.4 Å². The van der Waals surface area contributed by atoms with Crippen molar-refractivity contribution < 1.29 is 23.8 Å². The Hall–Kier alpha value is -2.53. The number of benzene rings is 2. The van der Waals surface area contributed by atoms with Gasteiger partial charge >= 0.3 is 6.09 Å². The van der Waals surface area contributed by atoms with Crippen LogP contribution in [-0.4, -0.2) is 28.0 Å². The first-order chi connectivity index (χ1) is 17.6. The molecule has 0 bridgehead atoms. The minimum absolute atomic E-state index is 0.0282. The van der Waals surface area contributed by atoms with Gasteiger partial charge in [0.2, 0.25) is 0 Å². The molecule has 3 aromatic rings. The van der Waals surface area contributed by atoms with Gasteiger partial charge in [0.1, 0.15) is 29.9 Å². The summed E-state index contributed by atoms with van der Waals surface area (Å²) >= 11 is 8.42. The molecule has 0 aliphatic heterocycles. The molecular formula is C25H26ClFIN4O4P. The Labute approximate surface area is 234 Å². The largest absolute Gasteiger partial charge is 0.487 e. The summed E-state index contributed by atoms with van der Waals surface area (Å²) in [6, 6.07) is 11.9. The van der Waals surface area contributed by atoms with E-state index in [-0.39, 0.29) is 51.9 Å². The molecule has 37 heavy (non-hydrogen) atoms. The van der Waals surface area contributed by atoms with Crippen LogP contribution >= 0.6 is 40.0 Å². The highest BCUT2D eigenvalue weighted by atomic mass is 127. The summed E-state index contributed by atoms with van der Waals surface area (Å²) in [6.07, 6.45) is 0.116. The quantitative estimate of drug-likeness (QED) is 0.0834. The summed E-state index contributed by atoms with van der Waals surface area (Å²) in [6.45, 7) is 5.26. The molecule has 0 saturated carbocycles. The lowest BCUT2D eigenvalue weighted by atomic mass is 9.95. The van der Waals surface area contributed by atoms with E-state index in [0.717, 1.165) is 11.8 Å². The predicted octanol–water partition coefficient (Wildman–Crippen LogP) is 7.23. The molecule has 3 rings (SSSR count). The minimum Gasteiger partial charge on any atom is -0.487 e. The number of carbonyl (C=O) groups is 1. The van der Waals surface area contributed by atoms with E-state index in [9.17, 15) is 14.3 Å². The Bertz CT molecular complexity index is 1280. The van der Waals surface area contributed by atoms with Crippen LogP contribution in [0.2, 0.25) is 5.15 Å². The first-order valence-corrected chi connectivity index (χ1v) is 15.5. The molecule has 1 aromatic heterocycles. The van der Waals surface area contributed by atoms with Crippen LogP contribution in [0.3, 0.4) is 0 Å². The number of ether oxygens (including phenoxy) is 2. The Morgan fingerprint density at radius 3 is 2.59 bits per heavy atom. The molecule has 0 spiro atoms. The Morgan fingerprint density at radius 2 is 1.97 bits per heavy atom. The number of amides is 1. The molecule has 0 aliphatic carbocycles. The Morgan fingerprint density at radius 1 is 1.27 bits per heavy atom. The van der Waals surface area contributed by atoms with Crippen LogP contribution in [0.25, 0.3) is 0 Å². The van der Waals surface area contributed by atoms with Crippen molar-refractivity contribution in [1.29, 1.82) is 5.41 Å². The Balaban J connectivity index is 2.14. The molecule has 0 saturated heterocycles. The van der Waals surface area contributed by atoms with Crippen molar-refractivity contribution in [2.24, 2.45) is 0 Å². The van der Waals surface area contributed by atoms with E-state index in [2.05, 4.69) is 15.4 Å². The van der Waals surface area contributed by atoms with Crippen molar-refractivity contribution in [3.63, 3.8) is 0 Å². The molecule has 0 fully saturated rings. The zero-order valence-corrected chi connectivity index (χ0v) is 24.1. The molecule has 0 aliphatic rings. The van der Waals surface area contributed by atoms with E-state index in [0.29, 0.717) is 0 Å². The number of hydrogen-bond acceptors (Lipinski definition) is 7. The molecule has 12 heteroatoms. The van der Waals surface area contributed by atoms with Gasteiger partial charge in [0.15, 0.2) is 5.15 Å². The zero-order valence-electron chi connectivity index (χ0n) is 20.2. The molecule has 2 aromatic carbocycles. The average molecular weight is 659 g/mol. The van der Waals surface area contributed by atoms with Gasteiger partial charge in [-0.25, -0.2) is 14.2 Å². The molecule has 196 valence electrons. The third kappa shape index (κ3) is 7.50. The maximum absolute atomic E-state index is 14.6. The van der Waals surface area contributed by atoms with E-state index in [4.69, 9.17) is 26.5 Å². The lowest BCUT2D eigenvalue weighted by molar-refractivity contribution is 0.0635. The van der Waals surface area contributed by atoms with E-state index >= 15 is 0 Å². The summed E-state index contributed by atoms with van der Waals surface area (Å²) in [5.41, 5.74) is 0.534. The predicted molar refractivity (Wildman–Crippen MR) is 154 cm³/mol. The van der Waals surface area contributed by atoms with Crippen LogP contribution in [0, 0.1) is 11.2 Å². The summed E-state index contributed by atoms with van der Waals surface area (Å²) in [5, 5.41) is 24.9. The van der Waals surface area contributed by atoms with Gasteiger partial charge in [-0.3, -0.25) is 5.32 Å². The normalized spacial score (nSPS) is 12.3. The molecule has 4 N–H and O–H groups in total. The van der Waals surface area contributed by atoms with E-state index in [1.54, 1.807) is 20.8 Å². The molecular weight excluding hydrogens is 633 g/mol. The van der Waals surface area contributed by atoms with Gasteiger partial charge in [0.05, 0.1) is 23.1 Å². The lowest BCUT2D eigenvalue weighted by Crippen LogP contribution is -2.28. The second-order valence-electron chi connectivity index (χ2n) is 8.79. The van der Waals surface area contributed by atoms with Gasteiger partial charge in [-0.2, -0.15) is 0 Å². The fourth-order valence-corrected chi connectivity index (χ4v) is 4.82. The first kappa shape index (κ1) is 29.0. The van der Waals surface area contributed by atoms with Crippen LogP contribution in [0.15, 0.2) is 48.7 Å². The summed E-state index contributed by atoms with van der Waals surface area (Å²) < 4.78 is 25.9. The number of aliphatic hydroxyl groups excluding tert-OH is 1.